The van der Waals surface area contributed by atoms with E-state index in [1.165, 1.54) is 0 Å². The van der Waals surface area contributed by atoms with Crippen molar-refractivity contribution in [2.75, 3.05) is 0 Å². The number of carbonyl (C=O) groups is 1. The Morgan fingerprint density at radius 1 is 1.21 bits per heavy atom. The lowest BCUT2D eigenvalue weighted by Crippen LogP contribution is -2.03. The molecule has 0 aliphatic carbocycles. The van der Waals surface area contributed by atoms with E-state index in [9.17, 15) is 13.9 Å². The summed E-state index contributed by atoms with van der Waals surface area (Å²) in [4.78, 5) is 43.8. The van der Waals surface area contributed by atoms with Crippen LogP contribution in [0.15, 0.2) is 11.4 Å². The lowest BCUT2D eigenvalue weighted by Gasteiger charge is -2.05. The molecule has 0 aromatic heterocycles. The van der Waals surface area contributed by atoms with Gasteiger partial charge in [-0.3, -0.25) is 14.4 Å². The predicted octanol–water partition coefficient (Wildman–Crippen LogP) is -0.296. The molecule has 0 amide bonds. The minimum absolute atomic E-state index is 0.255. The van der Waals surface area contributed by atoms with Crippen molar-refractivity contribution < 1.29 is 38.0 Å². The first kappa shape index (κ1) is 13.5. The van der Waals surface area contributed by atoms with Gasteiger partial charge in [0.25, 0.3) is 0 Å². The molecule has 14 heavy (non-hydrogen) atoms. The molecule has 0 saturated heterocycles. The van der Waals surface area contributed by atoms with Crippen molar-refractivity contribution in [3.63, 3.8) is 0 Å². The standard InChI is InChI=1S/C4H8O8P2/c1-3(2-13(6,7)8)4(5)12-14(9,10)11/h2H,1H3,(H2,6,7,8)(H2,9,10,11). The molecule has 10 heteroatoms. The summed E-state index contributed by atoms with van der Waals surface area (Å²) in [6, 6.07) is 0. The van der Waals surface area contributed by atoms with Gasteiger partial charge in [-0.15, -0.1) is 0 Å². The van der Waals surface area contributed by atoms with Crippen molar-refractivity contribution in [3.05, 3.63) is 11.4 Å². The number of carbonyl (C=O) groups excluding carboxylic acids is 1. The maximum atomic E-state index is 10.7. The van der Waals surface area contributed by atoms with Crippen LogP contribution in [0.25, 0.3) is 0 Å². The minimum atomic E-state index is -4.98. The number of hydrogen-bond acceptors (Lipinski definition) is 4. The van der Waals surface area contributed by atoms with Crippen LogP contribution in [-0.4, -0.2) is 25.5 Å². The quantitative estimate of drug-likeness (QED) is 0.393. The van der Waals surface area contributed by atoms with Crippen molar-refractivity contribution in [1.82, 2.24) is 0 Å². The normalized spacial score (nSPS) is 13.9. The van der Waals surface area contributed by atoms with Gasteiger partial charge in [-0.25, -0.2) is 9.36 Å². The van der Waals surface area contributed by atoms with Crippen molar-refractivity contribution in [2.24, 2.45) is 0 Å². The van der Waals surface area contributed by atoms with Crippen molar-refractivity contribution >= 4 is 21.4 Å². The van der Waals surface area contributed by atoms with Gasteiger partial charge < -0.3 is 14.3 Å². The van der Waals surface area contributed by atoms with Gasteiger partial charge in [-0.2, -0.15) is 0 Å². The third-order valence-electron chi connectivity index (χ3n) is 0.886. The summed E-state index contributed by atoms with van der Waals surface area (Å²) >= 11 is 0. The zero-order valence-corrected chi connectivity index (χ0v) is 8.68. The lowest BCUT2D eigenvalue weighted by atomic mass is 10.4. The van der Waals surface area contributed by atoms with Gasteiger partial charge in [0.1, 0.15) is 0 Å². The summed E-state index contributed by atoms with van der Waals surface area (Å²) < 4.78 is 24.0. The van der Waals surface area contributed by atoms with E-state index in [0.717, 1.165) is 6.92 Å². The second-order valence-corrected chi connectivity index (χ2v) is 4.87. The van der Waals surface area contributed by atoms with Crippen molar-refractivity contribution in [1.29, 1.82) is 0 Å². The molecule has 0 aliphatic rings. The molecule has 0 spiro atoms. The van der Waals surface area contributed by atoms with Crippen LogP contribution in [0.4, 0.5) is 0 Å². The molecule has 0 heterocycles. The van der Waals surface area contributed by atoms with E-state index >= 15 is 0 Å². The Morgan fingerprint density at radius 2 is 1.64 bits per heavy atom. The Balaban J connectivity index is 4.66. The Morgan fingerprint density at radius 3 is 1.93 bits per heavy atom. The molecule has 0 aromatic carbocycles. The third kappa shape index (κ3) is 6.97. The van der Waals surface area contributed by atoms with Crippen molar-refractivity contribution in [2.45, 2.75) is 6.92 Å². The molecule has 0 atom stereocenters. The van der Waals surface area contributed by atoms with Gasteiger partial charge in [0.05, 0.1) is 0 Å². The molecule has 0 bridgehead atoms. The summed E-state index contributed by atoms with van der Waals surface area (Å²) in [7, 11) is -9.54. The van der Waals surface area contributed by atoms with E-state index in [1.807, 2.05) is 0 Å². The Labute approximate surface area is 78.6 Å². The second-order valence-electron chi connectivity index (χ2n) is 2.27. The average Bonchev–Trinajstić information content (AvgIpc) is 1.78. The topological polar surface area (TPSA) is 141 Å². The van der Waals surface area contributed by atoms with Crippen LogP contribution in [0.5, 0.6) is 0 Å². The zero-order valence-electron chi connectivity index (χ0n) is 6.89. The molecular weight excluding hydrogens is 238 g/mol. The van der Waals surface area contributed by atoms with Crippen LogP contribution < -0.4 is 0 Å². The van der Waals surface area contributed by atoms with Crippen LogP contribution in [0, 0.1) is 0 Å². The van der Waals surface area contributed by atoms with Gasteiger partial charge in [0.2, 0.25) is 0 Å². The van der Waals surface area contributed by atoms with Crippen LogP contribution >= 0.6 is 15.4 Å². The van der Waals surface area contributed by atoms with E-state index in [4.69, 9.17) is 19.6 Å². The van der Waals surface area contributed by atoms with E-state index in [2.05, 4.69) is 4.52 Å². The fourth-order valence-electron chi connectivity index (χ4n) is 0.485. The van der Waals surface area contributed by atoms with Crippen LogP contribution in [0.1, 0.15) is 6.92 Å². The van der Waals surface area contributed by atoms with Gasteiger partial charge in [-0.1, -0.05) is 0 Å². The summed E-state index contributed by atoms with van der Waals surface area (Å²) in [6.07, 6.45) is 0. The Kier molecular flexibility index (Phi) is 4.20. The fraction of sp³-hybridized carbons (Fsp3) is 0.250. The number of hydrogen-bond donors (Lipinski definition) is 4. The highest BCUT2D eigenvalue weighted by atomic mass is 31.2. The molecule has 0 fully saturated rings. The maximum absolute atomic E-state index is 10.7. The number of phosphoric acid groups is 1. The number of phosphoric ester groups is 1. The minimum Gasteiger partial charge on any atom is -0.367 e. The predicted molar refractivity (Wildman–Crippen MR) is 43.9 cm³/mol. The smallest absolute Gasteiger partial charge is 0.367 e. The lowest BCUT2D eigenvalue weighted by molar-refractivity contribution is -0.131. The SMILES string of the molecule is CC(=CP(=O)(O)O)C(=O)OP(=O)(O)O. The molecule has 0 aliphatic heterocycles. The maximum Gasteiger partial charge on any atom is 0.527 e. The van der Waals surface area contributed by atoms with E-state index < -0.39 is 27.0 Å². The molecular formula is C4H8O8P2. The van der Waals surface area contributed by atoms with Crippen LogP contribution in [0.2, 0.25) is 0 Å². The first-order valence-corrected chi connectivity index (χ1v) is 6.26. The summed E-state index contributed by atoms with van der Waals surface area (Å²) in [5, 5.41) is 0. The molecule has 8 nitrogen and oxygen atoms in total. The monoisotopic (exact) mass is 246 g/mol. The van der Waals surface area contributed by atoms with E-state index in [1.54, 1.807) is 0 Å². The zero-order chi connectivity index (χ0) is 11.6. The molecule has 0 saturated carbocycles. The second kappa shape index (κ2) is 4.35. The molecule has 0 aromatic rings. The third-order valence-corrected chi connectivity index (χ3v) is 2.01. The summed E-state index contributed by atoms with van der Waals surface area (Å²) in [6.45, 7) is 0.955. The first-order chi connectivity index (χ1) is 6.01. The van der Waals surface area contributed by atoms with Crippen LogP contribution in [0.3, 0.4) is 0 Å². The van der Waals surface area contributed by atoms with Crippen molar-refractivity contribution in [3.8, 4) is 0 Å². The van der Waals surface area contributed by atoms with Gasteiger partial charge >= 0.3 is 21.4 Å². The van der Waals surface area contributed by atoms with Gasteiger partial charge in [0.15, 0.2) is 0 Å². The van der Waals surface area contributed by atoms with E-state index in [-0.39, 0.29) is 5.82 Å². The summed E-state index contributed by atoms with van der Waals surface area (Å²) in [5.74, 6) is -1.23. The Bertz CT molecular complexity index is 344. The Hall–Kier alpha value is -0.490. The van der Waals surface area contributed by atoms with E-state index in [0.29, 0.717) is 0 Å². The highest BCUT2D eigenvalue weighted by Gasteiger charge is 2.23. The molecule has 0 rings (SSSR count). The fourth-order valence-corrected chi connectivity index (χ4v) is 1.45. The highest BCUT2D eigenvalue weighted by molar-refractivity contribution is 7.55. The highest BCUT2D eigenvalue weighted by Crippen LogP contribution is 2.40. The molecule has 4 N–H and O–H groups in total. The molecule has 0 unspecified atom stereocenters. The first-order valence-electron chi connectivity index (χ1n) is 3.05. The van der Waals surface area contributed by atoms with Crippen LogP contribution in [-0.2, 0) is 18.4 Å². The average molecular weight is 246 g/mol. The summed E-state index contributed by atoms with van der Waals surface area (Å²) in [5.41, 5.74) is -0.582. The largest absolute Gasteiger partial charge is 0.527 e. The van der Waals surface area contributed by atoms with Gasteiger partial charge in [-0.05, 0) is 6.92 Å². The van der Waals surface area contributed by atoms with Gasteiger partial charge in [0, 0.05) is 11.4 Å². The molecule has 82 valence electrons. The molecule has 0 radical (unpaired) electrons. The number of rotatable bonds is 3.